The number of Topliss-reactive ketones (excluding diaryl/α,β-unsaturated/α-hetero) is 1. The molecule has 3 N–H and O–H groups in total. The van der Waals surface area contributed by atoms with Crippen LogP contribution in [0.3, 0.4) is 0 Å². The number of furan rings is 1. The second kappa shape index (κ2) is 10.9. The summed E-state index contributed by atoms with van der Waals surface area (Å²) in [6.45, 7) is 4.07. The number of hydrogen-bond acceptors (Lipinski definition) is 8. The van der Waals surface area contributed by atoms with Crippen molar-refractivity contribution in [3.8, 4) is 11.1 Å². The van der Waals surface area contributed by atoms with Gasteiger partial charge in [0.25, 0.3) is 0 Å². The lowest BCUT2D eigenvalue weighted by Gasteiger charge is -2.16. The highest BCUT2D eigenvalue weighted by atomic mass is 19.1. The second-order valence-corrected chi connectivity index (χ2v) is 8.81. The minimum absolute atomic E-state index is 0.0711. The highest BCUT2D eigenvalue weighted by molar-refractivity contribution is 5.92. The van der Waals surface area contributed by atoms with Crippen LogP contribution < -0.4 is 16.0 Å². The van der Waals surface area contributed by atoms with Gasteiger partial charge in [0.15, 0.2) is 0 Å². The van der Waals surface area contributed by atoms with Gasteiger partial charge in [-0.3, -0.25) is 9.69 Å². The van der Waals surface area contributed by atoms with Gasteiger partial charge in [-0.1, -0.05) is 24.3 Å². The van der Waals surface area contributed by atoms with Crippen LogP contribution in [0.25, 0.3) is 11.1 Å². The summed E-state index contributed by atoms with van der Waals surface area (Å²) in [5.41, 5.74) is 8.56. The Bertz CT molecular complexity index is 1320. The lowest BCUT2D eigenvalue weighted by Crippen LogP contribution is -2.43. The molecule has 1 aliphatic rings. The molecule has 1 aromatic heterocycles. The molecule has 0 radical (unpaired) electrons. The van der Waals surface area contributed by atoms with Gasteiger partial charge in [-0.2, -0.15) is 0 Å². The van der Waals surface area contributed by atoms with Crippen molar-refractivity contribution >= 4 is 23.5 Å². The van der Waals surface area contributed by atoms with Crippen LogP contribution in [0.1, 0.15) is 34.4 Å². The van der Waals surface area contributed by atoms with Gasteiger partial charge >= 0.3 is 12.1 Å². The van der Waals surface area contributed by atoms with Crippen molar-refractivity contribution in [3.63, 3.8) is 0 Å². The minimum atomic E-state index is -0.924. The number of halogens is 1. The van der Waals surface area contributed by atoms with Gasteiger partial charge in [0.2, 0.25) is 0 Å². The summed E-state index contributed by atoms with van der Waals surface area (Å²) in [5, 5.41) is 3.25. The number of anilines is 1. The Morgan fingerprint density at radius 1 is 1.19 bits per heavy atom. The molecule has 1 saturated heterocycles. The van der Waals surface area contributed by atoms with Crippen molar-refractivity contribution in [2.24, 2.45) is 5.73 Å². The third-order valence-corrected chi connectivity index (χ3v) is 6.24. The number of aryl methyl sites for hydroxylation is 1. The number of carbonyl (C=O) groups excluding carboxylic acids is 3. The molecule has 1 fully saturated rings. The number of ether oxygens (including phenoxy) is 2. The Hall–Kier alpha value is -4.02. The first-order valence-electron chi connectivity index (χ1n) is 11.7. The van der Waals surface area contributed by atoms with Gasteiger partial charge in [0.05, 0.1) is 25.9 Å². The maximum absolute atomic E-state index is 15.0. The molecule has 3 aromatic rings. The fourth-order valence-electron chi connectivity index (χ4n) is 4.13. The molecule has 9 nitrogen and oxygen atoms in total. The van der Waals surface area contributed by atoms with Crippen LogP contribution in [0, 0.1) is 12.7 Å². The molecule has 0 saturated carbocycles. The molecule has 10 heteroatoms. The maximum Gasteiger partial charge on any atom is 0.414 e. The molecule has 1 amide bonds. The Morgan fingerprint density at radius 3 is 2.57 bits per heavy atom. The topological polar surface area (TPSA) is 124 Å². The molecule has 2 atom stereocenters. The fraction of sp³-hybridized carbons (Fsp3) is 0.296. The van der Waals surface area contributed by atoms with Crippen molar-refractivity contribution in [2.45, 2.75) is 39.1 Å². The number of hydrogen-bond donors (Lipinski definition) is 2. The predicted molar refractivity (Wildman–Crippen MR) is 133 cm³/mol. The van der Waals surface area contributed by atoms with Crippen molar-refractivity contribution in [3.05, 3.63) is 77.0 Å². The summed E-state index contributed by atoms with van der Waals surface area (Å²) >= 11 is 0. The zero-order valence-electron chi connectivity index (χ0n) is 20.7. The first-order chi connectivity index (χ1) is 17.7. The largest absolute Gasteiger partial charge is 0.465 e. The number of nitrogens with two attached hydrogens (primary N) is 1. The number of rotatable bonds is 9. The number of methoxy groups -OCH3 is 1. The number of nitrogens with one attached hydrogen (secondary N) is 1. The van der Waals surface area contributed by atoms with Crippen LogP contribution >= 0.6 is 0 Å². The van der Waals surface area contributed by atoms with E-state index >= 15 is 0 Å². The third-order valence-electron chi connectivity index (χ3n) is 6.24. The third kappa shape index (κ3) is 5.71. The molecule has 4 rings (SSSR count). The van der Waals surface area contributed by atoms with E-state index in [-0.39, 0.29) is 12.3 Å². The number of carbonyl (C=O) groups is 3. The summed E-state index contributed by atoms with van der Waals surface area (Å²) in [4.78, 5) is 36.7. The van der Waals surface area contributed by atoms with Gasteiger partial charge in [0, 0.05) is 12.1 Å². The quantitative estimate of drug-likeness (QED) is 0.419. The summed E-state index contributed by atoms with van der Waals surface area (Å²) < 4.78 is 30.5. The average molecular weight is 510 g/mol. The molecular formula is C27H28FN3O6. The normalized spacial score (nSPS) is 16.0. The Labute approximate surface area is 213 Å². The minimum Gasteiger partial charge on any atom is -0.465 e. The summed E-state index contributed by atoms with van der Waals surface area (Å²) in [7, 11) is 1.32. The van der Waals surface area contributed by atoms with Crippen LogP contribution in [-0.4, -0.2) is 43.6 Å². The van der Waals surface area contributed by atoms with E-state index in [1.165, 1.54) is 25.0 Å². The molecule has 2 aromatic carbocycles. The number of nitrogens with zero attached hydrogens (tertiary/aromatic N) is 1. The van der Waals surface area contributed by atoms with Crippen molar-refractivity contribution < 1.29 is 32.7 Å². The Balaban J connectivity index is 1.37. The zero-order valence-corrected chi connectivity index (χ0v) is 20.7. The van der Waals surface area contributed by atoms with Crippen LogP contribution in [-0.2, 0) is 27.4 Å². The van der Waals surface area contributed by atoms with E-state index in [1.54, 1.807) is 25.1 Å². The first kappa shape index (κ1) is 26.1. The highest BCUT2D eigenvalue weighted by Gasteiger charge is 2.37. The lowest BCUT2D eigenvalue weighted by atomic mass is 10.0. The number of benzene rings is 2. The van der Waals surface area contributed by atoms with Gasteiger partial charge in [-0.15, -0.1) is 0 Å². The second-order valence-electron chi connectivity index (χ2n) is 8.81. The van der Waals surface area contributed by atoms with Crippen molar-refractivity contribution in [1.29, 1.82) is 0 Å². The SMILES string of the molecule is COC(=O)c1cc(CNCc2ccc(-c3ccc(N4CC([C@H](N)C(C)=O)OC4=O)cc3F)cc2)oc1C. The summed E-state index contributed by atoms with van der Waals surface area (Å²) in [6, 6.07) is 12.6. The van der Waals surface area contributed by atoms with E-state index in [0.717, 1.165) is 5.56 Å². The average Bonchev–Trinajstić information content (AvgIpc) is 3.45. The number of ketones is 1. The van der Waals surface area contributed by atoms with Gasteiger partial charge in [-0.25, -0.2) is 14.0 Å². The van der Waals surface area contributed by atoms with E-state index in [4.69, 9.17) is 19.6 Å². The van der Waals surface area contributed by atoms with Gasteiger partial charge in [0.1, 0.15) is 40.8 Å². The van der Waals surface area contributed by atoms with Crippen LogP contribution in [0.15, 0.2) is 52.9 Å². The molecule has 194 valence electrons. The summed E-state index contributed by atoms with van der Waals surface area (Å²) in [6.07, 6.45) is -1.45. The van der Waals surface area contributed by atoms with Crippen molar-refractivity contribution in [1.82, 2.24) is 5.32 Å². The Morgan fingerprint density at radius 2 is 1.92 bits per heavy atom. The van der Waals surface area contributed by atoms with E-state index in [1.807, 2.05) is 24.3 Å². The number of cyclic esters (lactones) is 1. The number of amides is 1. The van der Waals surface area contributed by atoms with Gasteiger partial charge < -0.3 is 24.9 Å². The molecule has 0 bridgehead atoms. The predicted octanol–water partition coefficient (Wildman–Crippen LogP) is 3.71. The van der Waals surface area contributed by atoms with E-state index in [0.29, 0.717) is 47.0 Å². The number of esters is 1. The lowest BCUT2D eigenvalue weighted by molar-refractivity contribution is -0.120. The monoisotopic (exact) mass is 509 g/mol. The molecule has 37 heavy (non-hydrogen) atoms. The molecule has 0 spiro atoms. The molecule has 0 aliphatic carbocycles. The van der Waals surface area contributed by atoms with Crippen LogP contribution in [0.2, 0.25) is 0 Å². The van der Waals surface area contributed by atoms with Crippen molar-refractivity contribution in [2.75, 3.05) is 18.6 Å². The van der Waals surface area contributed by atoms with E-state index < -0.39 is 30.0 Å². The maximum atomic E-state index is 15.0. The smallest absolute Gasteiger partial charge is 0.414 e. The van der Waals surface area contributed by atoms with E-state index in [9.17, 15) is 18.8 Å². The van der Waals surface area contributed by atoms with Crippen LogP contribution in [0.5, 0.6) is 0 Å². The standard InChI is InChI=1S/C27H28FN3O6/c1-15(32)25(29)24-14-31(27(34)37-24)19-8-9-21(23(28)10-19)18-6-4-17(5-7-18)12-30-13-20-11-22(16(2)36-20)26(33)35-3/h4-11,24-25,30H,12-14,29H2,1-3H3/t24?,25-/m1/s1. The fourth-order valence-corrected chi connectivity index (χ4v) is 4.13. The molecular weight excluding hydrogens is 481 g/mol. The van der Waals surface area contributed by atoms with E-state index in [2.05, 4.69) is 5.32 Å². The highest BCUT2D eigenvalue weighted by Crippen LogP contribution is 2.30. The summed E-state index contributed by atoms with van der Waals surface area (Å²) in [5.74, 6) is -0.103. The first-order valence-corrected chi connectivity index (χ1v) is 11.7. The Kier molecular flexibility index (Phi) is 7.70. The molecule has 1 unspecified atom stereocenters. The molecule has 1 aliphatic heterocycles. The molecule has 2 heterocycles. The van der Waals surface area contributed by atoms with Gasteiger partial charge in [-0.05, 0) is 49.2 Å². The zero-order chi connectivity index (χ0) is 26.7. The van der Waals surface area contributed by atoms with Crippen LogP contribution in [0.4, 0.5) is 14.9 Å².